The van der Waals surface area contributed by atoms with Crippen molar-refractivity contribution in [3.05, 3.63) is 77.4 Å². The third-order valence-corrected chi connectivity index (χ3v) is 5.39. The van der Waals surface area contributed by atoms with Crippen molar-refractivity contribution in [1.82, 2.24) is 0 Å². The van der Waals surface area contributed by atoms with E-state index < -0.39 is 6.36 Å². The zero-order valence-corrected chi connectivity index (χ0v) is 16.5. The summed E-state index contributed by atoms with van der Waals surface area (Å²) in [6, 6.07) is 14.6. The van der Waals surface area contributed by atoms with Gasteiger partial charge in [0.05, 0.1) is 0 Å². The lowest BCUT2D eigenvalue weighted by Crippen LogP contribution is -2.16. The third kappa shape index (κ3) is 6.71. The van der Waals surface area contributed by atoms with E-state index in [1.54, 1.807) is 0 Å². The molecule has 4 heteroatoms. The van der Waals surface area contributed by atoms with Crippen LogP contribution in [0.3, 0.4) is 0 Å². The Kier molecular flexibility index (Phi) is 7.04. The highest BCUT2D eigenvalue weighted by atomic mass is 19.4. The maximum atomic E-state index is 12.2. The second-order valence-electron chi connectivity index (χ2n) is 7.41. The van der Waals surface area contributed by atoms with Crippen LogP contribution in [0, 0.1) is 17.8 Å². The van der Waals surface area contributed by atoms with E-state index in [1.807, 2.05) is 6.08 Å². The molecule has 0 heterocycles. The van der Waals surface area contributed by atoms with Crippen molar-refractivity contribution >= 4 is 0 Å². The Labute approximate surface area is 170 Å². The van der Waals surface area contributed by atoms with Crippen LogP contribution in [0.15, 0.2) is 60.7 Å². The number of hydrogen-bond donors (Lipinski definition) is 0. The number of aryl methyl sites for hydroxylation is 1. The third-order valence-electron chi connectivity index (χ3n) is 5.39. The molecule has 1 aliphatic carbocycles. The zero-order chi connectivity index (χ0) is 20.7. The number of halogens is 3. The molecule has 1 fully saturated rings. The fourth-order valence-electron chi connectivity index (χ4n) is 3.72. The van der Waals surface area contributed by atoms with E-state index in [0.717, 1.165) is 19.3 Å². The average molecular weight is 398 g/mol. The Balaban J connectivity index is 1.47. The van der Waals surface area contributed by atoms with Gasteiger partial charge in [0.25, 0.3) is 0 Å². The number of alkyl halides is 3. The van der Waals surface area contributed by atoms with Crippen LogP contribution in [-0.2, 0) is 6.42 Å². The van der Waals surface area contributed by atoms with E-state index in [9.17, 15) is 13.2 Å². The van der Waals surface area contributed by atoms with Crippen LogP contribution in [0.4, 0.5) is 13.2 Å². The van der Waals surface area contributed by atoms with Crippen LogP contribution in [0.5, 0.6) is 5.75 Å². The van der Waals surface area contributed by atoms with Crippen LogP contribution in [0.1, 0.15) is 55.2 Å². The van der Waals surface area contributed by atoms with Crippen molar-refractivity contribution in [3.63, 3.8) is 0 Å². The molecule has 0 bridgehead atoms. The first kappa shape index (κ1) is 21.0. The number of benzene rings is 2. The molecule has 0 spiro atoms. The second-order valence-corrected chi connectivity index (χ2v) is 7.41. The summed E-state index contributed by atoms with van der Waals surface area (Å²) in [5.74, 6) is 6.88. The normalized spacial score (nSPS) is 19.6. The molecule has 0 unspecified atom stereocenters. The minimum absolute atomic E-state index is 0.236. The van der Waals surface area contributed by atoms with Gasteiger partial charge < -0.3 is 4.74 Å². The Hall–Kier alpha value is -2.67. The summed E-state index contributed by atoms with van der Waals surface area (Å²) in [6.07, 6.45) is 5.11. The molecule has 0 amide bonds. The number of rotatable bonds is 4. The van der Waals surface area contributed by atoms with Gasteiger partial charge in [0.2, 0.25) is 0 Å². The van der Waals surface area contributed by atoms with E-state index in [1.165, 1.54) is 48.2 Å². The van der Waals surface area contributed by atoms with Gasteiger partial charge in [-0.3, -0.25) is 0 Å². The van der Waals surface area contributed by atoms with Gasteiger partial charge in [-0.25, -0.2) is 0 Å². The molecule has 152 valence electrons. The van der Waals surface area contributed by atoms with Crippen LogP contribution in [-0.4, -0.2) is 6.36 Å². The highest BCUT2D eigenvalue weighted by Gasteiger charge is 2.30. The maximum absolute atomic E-state index is 12.2. The summed E-state index contributed by atoms with van der Waals surface area (Å²) in [7, 11) is 0. The van der Waals surface area contributed by atoms with E-state index in [-0.39, 0.29) is 5.75 Å². The van der Waals surface area contributed by atoms with Crippen molar-refractivity contribution in [2.75, 3.05) is 0 Å². The van der Waals surface area contributed by atoms with Gasteiger partial charge in [0.1, 0.15) is 5.75 Å². The largest absolute Gasteiger partial charge is 0.573 e. The predicted molar refractivity (Wildman–Crippen MR) is 110 cm³/mol. The van der Waals surface area contributed by atoms with Crippen LogP contribution in [0.2, 0.25) is 0 Å². The highest BCUT2D eigenvalue weighted by Crippen LogP contribution is 2.36. The molecule has 0 saturated heterocycles. The van der Waals surface area contributed by atoms with Gasteiger partial charge in [0.15, 0.2) is 0 Å². The molecule has 2 aromatic rings. The van der Waals surface area contributed by atoms with Gasteiger partial charge >= 0.3 is 6.36 Å². The lowest BCUT2D eigenvalue weighted by atomic mass is 9.78. The van der Waals surface area contributed by atoms with Gasteiger partial charge in [-0.2, -0.15) is 0 Å². The molecular formula is C25H25F3O. The fraction of sp³-hybridized carbons (Fsp3) is 0.360. The van der Waals surface area contributed by atoms with Crippen molar-refractivity contribution in [2.24, 2.45) is 5.92 Å². The summed E-state index contributed by atoms with van der Waals surface area (Å²) in [5.41, 5.74) is 3.48. The van der Waals surface area contributed by atoms with Gasteiger partial charge in [-0.1, -0.05) is 49.1 Å². The van der Waals surface area contributed by atoms with E-state index in [4.69, 9.17) is 0 Å². The first-order valence-electron chi connectivity index (χ1n) is 10.1. The van der Waals surface area contributed by atoms with Crippen LogP contribution >= 0.6 is 0 Å². The summed E-state index contributed by atoms with van der Waals surface area (Å²) in [4.78, 5) is 0. The highest BCUT2D eigenvalue weighted by molar-refractivity contribution is 5.40. The molecule has 1 nitrogen and oxygen atoms in total. The van der Waals surface area contributed by atoms with Gasteiger partial charge in [-0.05, 0) is 85.4 Å². The Morgan fingerprint density at radius 1 is 0.966 bits per heavy atom. The molecule has 29 heavy (non-hydrogen) atoms. The molecule has 0 atom stereocenters. The number of ether oxygens (including phenoxy) is 1. The smallest absolute Gasteiger partial charge is 0.406 e. The summed E-state index contributed by atoms with van der Waals surface area (Å²) in [5, 5.41) is 0. The first-order valence-corrected chi connectivity index (χ1v) is 10.1. The zero-order valence-electron chi connectivity index (χ0n) is 16.5. The van der Waals surface area contributed by atoms with Crippen LogP contribution in [0.25, 0.3) is 0 Å². The standard InChI is InChI=1S/C25H25F3O/c1-2-19-7-13-22(14-8-19)23-15-9-20(10-16-23)5-3-4-6-21-11-17-24(18-12-21)29-25(26,27)28/h3,5,7-8,11-14,17-18,20,23H,2,9-10,15-16H2,1H3. The van der Waals surface area contributed by atoms with Crippen molar-refractivity contribution in [2.45, 2.75) is 51.3 Å². The average Bonchev–Trinajstić information content (AvgIpc) is 2.72. The van der Waals surface area contributed by atoms with Crippen molar-refractivity contribution in [1.29, 1.82) is 0 Å². The number of allylic oxidation sites excluding steroid dienone is 2. The molecule has 0 aromatic heterocycles. The van der Waals surface area contributed by atoms with Gasteiger partial charge in [0, 0.05) is 5.56 Å². The molecule has 1 saturated carbocycles. The van der Waals surface area contributed by atoms with Crippen LogP contribution < -0.4 is 4.74 Å². The maximum Gasteiger partial charge on any atom is 0.573 e. The quantitative estimate of drug-likeness (QED) is 0.502. The molecule has 0 N–H and O–H groups in total. The predicted octanol–water partition coefficient (Wildman–Crippen LogP) is 7.03. The minimum atomic E-state index is -4.67. The second kappa shape index (κ2) is 9.69. The van der Waals surface area contributed by atoms with E-state index in [2.05, 4.69) is 53.8 Å². The lowest BCUT2D eigenvalue weighted by Gasteiger charge is -2.27. The van der Waals surface area contributed by atoms with E-state index >= 15 is 0 Å². The minimum Gasteiger partial charge on any atom is -0.406 e. The van der Waals surface area contributed by atoms with Gasteiger partial charge in [-0.15, -0.1) is 13.2 Å². The number of hydrogen-bond acceptors (Lipinski definition) is 1. The molecule has 0 radical (unpaired) electrons. The van der Waals surface area contributed by atoms with Crippen molar-refractivity contribution < 1.29 is 17.9 Å². The monoisotopic (exact) mass is 398 g/mol. The fourth-order valence-corrected chi connectivity index (χ4v) is 3.72. The van der Waals surface area contributed by atoms with E-state index in [0.29, 0.717) is 17.4 Å². The SMILES string of the molecule is CCc1ccc(C2CCC(C=CC#Cc3ccc(OC(F)(F)F)cc3)CC2)cc1. The Morgan fingerprint density at radius 3 is 2.21 bits per heavy atom. The molecule has 1 aliphatic rings. The first-order chi connectivity index (χ1) is 13.9. The molecular weight excluding hydrogens is 373 g/mol. The lowest BCUT2D eigenvalue weighted by molar-refractivity contribution is -0.274. The molecule has 2 aromatic carbocycles. The Morgan fingerprint density at radius 2 is 1.62 bits per heavy atom. The summed E-state index contributed by atoms with van der Waals surface area (Å²) >= 11 is 0. The topological polar surface area (TPSA) is 9.23 Å². The molecule has 0 aliphatic heterocycles. The Bertz CT molecular complexity index is 860. The summed E-state index contributed by atoms with van der Waals surface area (Å²) < 4.78 is 40.3. The summed E-state index contributed by atoms with van der Waals surface area (Å²) in [6.45, 7) is 2.17. The van der Waals surface area contributed by atoms with Crippen molar-refractivity contribution in [3.8, 4) is 17.6 Å². The molecule has 3 rings (SSSR count).